The molecule has 0 radical (unpaired) electrons. The number of thiocarbonyl (C=S) groups is 1. The van der Waals surface area contributed by atoms with E-state index in [-0.39, 0.29) is 5.91 Å². The zero-order chi connectivity index (χ0) is 14.4. The van der Waals surface area contributed by atoms with Gasteiger partial charge in [0.25, 0.3) is 0 Å². The summed E-state index contributed by atoms with van der Waals surface area (Å²) < 4.78 is 0. The van der Waals surface area contributed by atoms with E-state index in [2.05, 4.69) is 11.8 Å². The number of nitrogens with zero attached hydrogens (tertiary/aromatic N) is 1. The molecule has 1 spiro atoms. The fraction of sp³-hybridized carbons (Fsp3) is 0.875. The highest BCUT2D eigenvalue weighted by Gasteiger charge is 2.53. The Morgan fingerprint density at radius 2 is 1.70 bits per heavy atom. The number of likely N-dealkylation sites (tertiary alicyclic amines) is 1. The third kappa shape index (κ3) is 2.16. The molecule has 1 heterocycles. The lowest BCUT2D eigenvalue weighted by Gasteiger charge is -2.49. The molecular weight excluding hydrogens is 268 g/mol. The van der Waals surface area contributed by atoms with Gasteiger partial charge in [-0.05, 0) is 49.9 Å². The number of carbonyl (C=O) groups is 1. The monoisotopic (exact) mass is 294 g/mol. The third-order valence-corrected chi connectivity index (χ3v) is 6.44. The lowest BCUT2D eigenvalue weighted by atomic mass is 9.61. The predicted octanol–water partition coefficient (Wildman–Crippen LogP) is 2.87. The Balaban J connectivity index is 1.65. The smallest absolute Gasteiger partial charge is 0.235 e. The molecule has 1 aliphatic heterocycles. The summed E-state index contributed by atoms with van der Waals surface area (Å²) >= 11 is 5.21. The molecule has 3 rings (SSSR count). The summed E-state index contributed by atoms with van der Waals surface area (Å²) in [5.41, 5.74) is 5.95. The first kappa shape index (κ1) is 14.3. The van der Waals surface area contributed by atoms with Crippen molar-refractivity contribution in [2.75, 3.05) is 13.1 Å². The average Bonchev–Trinajstić information content (AvgIpc) is 2.83. The van der Waals surface area contributed by atoms with Gasteiger partial charge in [0.2, 0.25) is 5.91 Å². The van der Waals surface area contributed by atoms with E-state index in [1.165, 1.54) is 38.5 Å². The summed E-state index contributed by atoms with van der Waals surface area (Å²) in [6, 6.07) is 0. The summed E-state index contributed by atoms with van der Waals surface area (Å²) in [7, 11) is 0. The Morgan fingerprint density at radius 1 is 1.15 bits per heavy atom. The minimum absolute atomic E-state index is 0.218. The molecule has 0 bridgehead atoms. The van der Waals surface area contributed by atoms with E-state index < -0.39 is 5.41 Å². The molecule has 2 saturated carbocycles. The van der Waals surface area contributed by atoms with E-state index in [0.717, 1.165) is 25.9 Å². The molecule has 20 heavy (non-hydrogen) atoms. The lowest BCUT2D eigenvalue weighted by molar-refractivity contribution is -0.146. The van der Waals surface area contributed by atoms with E-state index in [1.807, 2.05) is 0 Å². The Labute approximate surface area is 127 Å². The fourth-order valence-electron chi connectivity index (χ4n) is 4.72. The van der Waals surface area contributed by atoms with E-state index >= 15 is 0 Å². The maximum absolute atomic E-state index is 12.9. The van der Waals surface area contributed by atoms with Crippen LogP contribution in [0.15, 0.2) is 0 Å². The Kier molecular flexibility index (Phi) is 3.56. The number of amides is 1. The summed E-state index contributed by atoms with van der Waals surface area (Å²) in [6.07, 6.45) is 9.55. The van der Waals surface area contributed by atoms with Gasteiger partial charge in [0, 0.05) is 13.1 Å². The van der Waals surface area contributed by atoms with Crippen molar-refractivity contribution in [2.24, 2.45) is 22.5 Å². The molecule has 0 aromatic carbocycles. The van der Waals surface area contributed by atoms with Crippen molar-refractivity contribution in [3.63, 3.8) is 0 Å². The first-order valence-electron chi connectivity index (χ1n) is 8.07. The second-order valence-corrected chi connectivity index (χ2v) is 7.90. The molecule has 3 nitrogen and oxygen atoms in total. The van der Waals surface area contributed by atoms with E-state index in [1.54, 1.807) is 0 Å². The number of hydrogen-bond donors (Lipinski definition) is 1. The molecule has 112 valence electrons. The van der Waals surface area contributed by atoms with Gasteiger partial charge in [-0.2, -0.15) is 0 Å². The lowest BCUT2D eigenvalue weighted by Crippen LogP contribution is -2.58. The number of carbonyl (C=O) groups excluding carboxylic acids is 1. The zero-order valence-corrected chi connectivity index (χ0v) is 13.3. The molecule has 1 saturated heterocycles. The van der Waals surface area contributed by atoms with Crippen molar-refractivity contribution in [3.8, 4) is 0 Å². The Hall–Kier alpha value is -0.640. The van der Waals surface area contributed by atoms with Gasteiger partial charge >= 0.3 is 0 Å². The molecule has 4 heteroatoms. The van der Waals surface area contributed by atoms with Gasteiger partial charge in [-0.1, -0.05) is 32.0 Å². The van der Waals surface area contributed by atoms with Gasteiger partial charge < -0.3 is 10.6 Å². The average molecular weight is 294 g/mol. The van der Waals surface area contributed by atoms with Gasteiger partial charge in [-0.25, -0.2) is 0 Å². The van der Waals surface area contributed by atoms with Crippen LogP contribution >= 0.6 is 12.2 Å². The number of rotatable bonds is 2. The van der Waals surface area contributed by atoms with Gasteiger partial charge in [0.1, 0.15) is 0 Å². The quantitative estimate of drug-likeness (QED) is 0.797. The largest absolute Gasteiger partial charge is 0.392 e. The van der Waals surface area contributed by atoms with Gasteiger partial charge in [0.05, 0.1) is 10.4 Å². The van der Waals surface area contributed by atoms with Crippen molar-refractivity contribution in [1.29, 1.82) is 0 Å². The standard InChI is InChI=1S/C16H26N2OS/c1-12-10-16(11-12,13(17)20)14(19)18-8-6-15(7-9-18)4-2-3-5-15/h12H,2-11H2,1H3,(H2,17,20). The van der Waals surface area contributed by atoms with Gasteiger partial charge in [-0.3, -0.25) is 4.79 Å². The van der Waals surface area contributed by atoms with Crippen LogP contribution in [0.1, 0.15) is 58.3 Å². The van der Waals surface area contributed by atoms with Crippen molar-refractivity contribution >= 4 is 23.1 Å². The Bertz CT molecular complexity index is 412. The van der Waals surface area contributed by atoms with Gasteiger partial charge in [0.15, 0.2) is 0 Å². The highest BCUT2D eigenvalue weighted by atomic mass is 32.1. The van der Waals surface area contributed by atoms with Crippen LogP contribution in [0.3, 0.4) is 0 Å². The maximum atomic E-state index is 12.9. The molecule has 3 fully saturated rings. The number of piperidine rings is 1. The van der Waals surface area contributed by atoms with Crippen LogP contribution < -0.4 is 5.73 Å². The summed E-state index contributed by atoms with van der Waals surface area (Å²) in [6.45, 7) is 4.00. The molecule has 0 aromatic heterocycles. The van der Waals surface area contributed by atoms with Crippen molar-refractivity contribution < 1.29 is 4.79 Å². The van der Waals surface area contributed by atoms with E-state index in [4.69, 9.17) is 18.0 Å². The van der Waals surface area contributed by atoms with Crippen LogP contribution in [0.5, 0.6) is 0 Å². The predicted molar refractivity (Wildman–Crippen MR) is 84.3 cm³/mol. The zero-order valence-electron chi connectivity index (χ0n) is 12.5. The topological polar surface area (TPSA) is 46.3 Å². The normalized spacial score (nSPS) is 35.9. The van der Waals surface area contributed by atoms with Crippen LogP contribution in [0.4, 0.5) is 0 Å². The molecule has 3 aliphatic rings. The highest BCUT2D eigenvalue weighted by Crippen LogP contribution is 2.50. The van der Waals surface area contributed by atoms with E-state index in [0.29, 0.717) is 16.3 Å². The summed E-state index contributed by atoms with van der Waals surface area (Å²) in [5.74, 6) is 0.794. The molecule has 1 amide bonds. The summed E-state index contributed by atoms with van der Waals surface area (Å²) in [4.78, 5) is 15.3. The van der Waals surface area contributed by atoms with Crippen LogP contribution in [0, 0.1) is 16.7 Å². The van der Waals surface area contributed by atoms with E-state index in [9.17, 15) is 4.79 Å². The minimum Gasteiger partial charge on any atom is -0.392 e. The highest BCUT2D eigenvalue weighted by molar-refractivity contribution is 7.80. The second-order valence-electron chi connectivity index (χ2n) is 7.46. The van der Waals surface area contributed by atoms with Crippen molar-refractivity contribution in [3.05, 3.63) is 0 Å². The Morgan fingerprint density at radius 3 is 2.15 bits per heavy atom. The van der Waals surface area contributed by atoms with Crippen molar-refractivity contribution in [2.45, 2.75) is 58.3 Å². The molecule has 0 atom stereocenters. The van der Waals surface area contributed by atoms with Crippen LogP contribution in [0.2, 0.25) is 0 Å². The second kappa shape index (κ2) is 4.97. The fourth-order valence-corrected chi connectivity index (χ4v) is 4.98. The molecule has 0 aromatic rings. The molecule has 2 N–H and O–H groups in total. The van der Waals surface area contributed by atoms with Crippen LogP contribution in [-0.4, -0.2) is 28.9 Å². The maximum Gasteiger partial charge on any atom is 0.235 e. The first-order chi connectivity index (χ1) is 9.47. The number of nitrogens with two attached hydrogens (primary N) is 1. The SMILES string of the molecule is CC1CC(C(=O)N2CCC3(CCCC3)CC2)(C(N)=S)C1. The van der Waals surface area contributed by atoms with Crippen molar-refractivity contribution in [1.82, 2.24) is 4.90 Å². The third-order valence-electron chi connectivity index (χ3n) is 6.05. The molecular formula is C16H26N2OS. The van der Waals surface area contributed by atoms with Crippen LogP contribution in [-0.2, 0) is 4.79 Å². The van der Waals surface area contributed by atoms with Gasteiger partial charge in [-0.15, -0.1) is 0 Å². The minimum atomic E-state index is -0.505. The van der Waals surface area contributed by atoms with Crippen LogP contribution in [0.25, 0.3) is 0 Å². The molecule has 0 unspecified atom stereocenters. The summed E-state index contributed by atoms with van der Waals surface area (Å²) in [5, 5.41) is 0. The first-order valence-corrected chi connectivity index (χ1v) is 8.48. The number of hydrogen-bond acceptors (Lipinski definition) is 2. The molecule has 2 aliphatic carbocycles.